The highest BCUT2D eigenvalue weighted by Crippen LogP contribution is 2.46. The molecule has 5 atom stereocenters. The van der Waals surface area contributed by atoms with Crippen LogP contribution in [-0.4, -0.2) is 49.4 Å². The summed E-state index contributed by atoms with van der Waals surface area (Å²) in [4.78, 5) is 13.2. The number of aliphatic hydroxyl groups is 1. The average Bonchev–Trinajstić information content (AvgIpc) is 2.75. The van der Waals surface area contributed by atoms with Crippen molar-refractivity contribution in [1.82, 2.24) is 0 Å². The van der Waals surface area contributed by atoms with E-state index < -0.39 is 26.8 Å². The molecule has 2 N–H and O–H groups in total. The predicted molar refractivity (Wildman–Crippen MR) is 75.4 cm³/mol. The number of fused-ring (bicyclic) bond motifs is 2. The van der Waals surface area contributed by atoms with Crippen molar-refractivity contribution in [3.63, 3.8) is 0 Å². The number of ether oxygens (including phenoxy) is 2. The van der Waals surface area contributed by atoms with Crippen molar-refractivity contribution in [2.45, 2.75) is 62.9 Å². The van der Waals surface area contributed by atoms with E-state index in [1.165, 1.54) is 0 Å². The minimum absolute atomic E-state index is 0.196. The standard InChI is InChI=1S/C12H23N3O4Si/c1-12(2,20(3,4)17)5-7-8-6-18-11(19-8)9(10(7)16)14-15-13/h7-11,16-17H,5-6H2,1-4H3/t7-,8-,9+,10?,11?/m1/s1. The Morgan fingerprint density at radius 3 is 2.65 bits per heavy atom. The van der Waals surface area contributed by atoms with Crippen molar-refractivity contribution in [2.24, 2.45) is 11.0 Å². The Bertz CT molecular complexity index is 419. The van der Waals surface area contributed by atoms with E-state index in [0.29, 0.717) is 13.0 Å². The fourth-order valence-corrected chi connectivity index (χ4v) is 3.49. The van der Waals surface area contributed by atoms with Gasteiger partial charge in [-0.15, -0.1) is 0 Å². The highest BCUT2D eigenvalue weighted by molar-refractivity contribution is 6.72. The van der Waals surface area contributed by atoms with Crippen LogP contribution < -0.4 is 0 Å². The Morgan fingerprint density at radius 2 is 2.10 bits per heavy atom. The fourth-order valence-electron chi connectivity index (χ4n) is 2.75. The Kier molecular flexibility index (Phi) is 4.16. The van der Waals surface area contributed by atoms with Crippen molar-refractivity contribution in [1.29, 1.82) is 0 Å². The quantitative estimate of drug-likeness (QED) is 0.357. The fraction of sp³-hybridized carbons (Fsp3) is 1.00. The first kappa shape index (κ1) is 15.8. The lowest BCUT2D eigenvalue weighted by Gasteiger charge is -2.43. The minimum atomic E-state index is -2.38. The molecule has 20 heavy (non-hydrogen) atoms. The van der Waals surface area contributed by atoms with Crippen LogP contribution in [0.5, 0.6) is 0 Å². The second kappa shape index (κ2) is 5.29. The van der Waals surface area contributed by atoms with Crippen molar-refractivity contribution < 1.29 is 19.4 Å². The molecule has 7 nitrogen and oxygen atoms in total. The Labute approximate surface area is 119 Å². The van der Waals surface area contributed by atoms with Gasteiger partial charge in [0.15, 0.2) is 14.6 Å². The molecule has 0 radical (unpaired) electrons. The number of hydrogen-bond donors (Lipinski definition) is 2. The van der Waals surface area contributed by atoms with Crippen molar-refractivity contribution in [2.75, 3.05) is 6.61 Å². The third kappa shape index (κ3) is 2.72. The van der Waals surface area contributed by atoms with Gasteiger partial charge in [-0.2, -0.15) is 0 Å². The maximum Gasteiger partial charge on any atom is 0.188 e. The molecule has 0 aliphatic carbocycles. The third-order valence-corrected chi connectivity index (χ3v) is 8.38. The van der Waals surface area contributed by atoms with E-state index in [1.54, 1.807) is 0 Å². The number of aliphatic hydroxyl groups excluding tert-OH is 1. The summed E-state index contributed by atoms with van der Waals surface area (Å²) < 4.78 is 11.1. The zero-order valence-electron chi connectivity index (χ0n) is 12.4. The van der Waals surface area contributed by atoms with Gasteiger partial charge in [0.05, 0.1) is 18.8 Å². The summed E-state index contributed by atoms with van der Waals surface area (Å²) in [7, 11) is -2.38. The third-order valence-electron chi connectivity index (χ3n) is 4.87. The molecule has 2 unspecified atom stereocenters. The lowest BCUT2D eigenvalue weighted by atomic mass is 9.83. The lowest BCUT2D eigenvalue weighted by molar-refractivity contribution is -0.158. The summed E-state index contributed by atoms with van der Waals surface area (Å²) >= 11 is 0. The molecule has 2 aliphatic heterocycles. The number of rotatable bonds is 4. The van der Waals surface area contributed by atoms with Gasteiger partial charge in [0.1, 0.15) is 6.04 Å². The first-order valence-electron chi connectivity index (χ1n) is 6.89. The van der Waals surface area contributed by atoms with E-state index in [1.807, 2.05) is 26.9 Å². The van der Waals surface area contributed by atoms with Gasteiger partial charge in [-0.3, -0.25) is 0 Å². The second-order valence-corrected chi connectivity index (χ2v) is 11.3. The van der Waals surface area contributed by atoms with E-state index in [4.69, 9.17) is 15.0 Å². The van der Waals surface area contributed by atoms with Crippen LogP contribution >= 0.6 is 0 Å². The molecule has 0 saturated carbocycles. The first-order valence-corrected chi connectivity index (χ1v) is 9.84. The Morgan fingerprint density at radius 1 is 1.45 bits per heavy atom. The van der Waals surface area contributed by atoms with Crippen LogP contribution in [0.25, 0.3) is 10.4 Å². The zero-order valence-corrected chi connectivity index (χ0v) is 13.4. The van der Waals surface area contributed by atoms with Crippen LogP contribution in [0.2, 0.25) is 18.1 Å². The minimum Gasteiger partial charge on any atom is -0.432 e. The van der Waals surface area contributed by atoms with Crippen LogP contribution in [0, 0.1) is 5.92 Å². The molecule has 2 heterocycles. The summed E-state index contributed by atoms with van der Waals surface area (Å²) in [6.45, 7) is 8.20. The predicted octanol–water partition coefficient (Wildman–Crippen LogP) is 1.77. The molecule has 0 aromatic rings. The van der Waals surface area contributed by atoms with Gasteiger partial charge in [0, 0.05) is 10.8 Å². The van der Waals surface area contributed by atoms with Crippen LogP contribution in [0.4, 0.5) is 0 Å². The molecule has 114 valence electrons. The summed E-state index contributed by atoms with van der Waals surface area (Å²) in [6, 6.07) is -0.719. The largest absolute Gasteiger partial charge is 0.432 e. The Hall–Kier alpha value is -0.633. The van der Waals surface area contributed by atoms with E-state index in [2.05, 4.69) is 10.0 Å². The van der Waals surface area contributed by atoms with Crippen LogP contribution in [0.3, 0.4) is 0 Å². The molecule has 2 fully saturated rings. The van der Waals surface area contributed by atoms with Crippen LogP contribution in [0.15, 0.2) is 5.11 Å². The smallest absolute Gasteiger partial charge is 0.188 e. The van der Waals surface area contributed by atoms with Crippen LogP contribution in [0.1, 0.15) is 20.3 Å². The van der Waals surface area contributed by atoms with Gasteiger partial charge in [-0.1, -0.05) is 19.0 Å². The molecule has 0 amide bonds. The summed E-state index contributed by atoms with van der Waals surface area (Å²) in [5.41, 5.74) is 8.61. The van der Waals surface area contributed by atoms with Gasteiger partial charge in [0.25, 0.3) is 0 Å². The molecular formula is C12H23N3O4Si. The van der Waals surface area contributed by atoms with Gasteiger partial charge in [0.2, 0.25) is 0 Å². The molecular weight excluding hydrogens is 278 g/mol. The number of hydrogen-bond acceptors (Lipinski definition) is 5. The SMILES string of the molecule is CC(C)(C[C@H]1C(O)[C@H](N=[N+]=[N-])C2OC[C@H]1O2)[Si](C)(C)O. The number of azide groups is 1. The summed E-state index contributed by atoms with van der Waals surface area (Å²) in [5, 5.41) is 13.8. The second-order valence-electron chi connectivity index (χ2n) is 6.87. The molecule has 2 saturated heterocycles. The average molecular weight is 301 g/mol. The maximum atomic E-state index is 10.5. The first-order chi connectivity index (χ1) is 9.17. The van der Waals surface area contributed by atoms with Gasteiger partial charge in [-0.05, 0) is 30.1 Å². The zero-order chi connectivity index (χ0) is 15.1. The Balaban J connectivity index is 2.20. The molecule has 2 bridgehead atoms. The maximum absolute atomic E-state index is 10.5. The molecule has 0 spiro atoms. The highest BCUT2D eigenvalue weighted by Gasteiger charge is 2.52. The number of nitrogens with zero attached hydrogens (tertiary/aromatic N) is 3. The van der Waals surface area contributed by atoms with E-state index >= 15 is 0 Å². The molecule has 2 rings (SSSR count). The van der Waals surface area contributed by atoms with Gasteiger partial charge in [-0.25, -0.2) is 0 Å². The van der Waals surface area contributed by atoms with E-state index in [9.17, 15) is 9.90 Å². The monoisotopic (exact) mass is 301 g/mol. The van der Waals surface area contributed by atoms with Crippen molar-refractivity contribution in [3.05, 3.63) is 10.4 Å². The molecule has 8 heteroatoms. The molecule has 2 aliphatic rings. The lowest BCUT2D eigenvalue weighted by Crippen LogP contribution is -2.52. The molecule has 0 aromatic carbocycles. The van der Waals surface area contributed by atoms with E-state index in [-0.39, 0.29) is 17.1 Å². The van der Waals surface area contributed by atoms with Crippen LogP contribution in [-0.2, 0) is 9.47 Å². The summed E-state index contributed by atoms with van der Waals surface area (Å²) in [5.74, 6) is -0.196. The topological polar surface area (TPSA) is 108 Å². The van der Waals surface area contributed by atoms with Gasteiger partial charge < -0.3 is 19.4 Å². The highest BCUT2D eigenvalue weighted by atomic mass is 28.4. The van der Waals surface area contributed by atoms with E-state index in [0.717, 1.165) is 0 Å². The van der Waals surface area contributed by atoms with Gasteiger partial charge >= 0.3 is 0 Å². The summed E-state index contributed by atoms with van der Waals surface area (Å²) in [6.07, 6.45) is -1.03. The van der Waals surface area contributed by atoms with Crippen molar-refractivity contribution >= 4 is 8.32 Å². The van der Waals surface area contributed by atoms with Crippen molar-refractivity contribution in [3.8, 4) is 0 Å². The normalized spacial score (nSPS) is 37.6. The molecule has 0 aromatic heterocycles.